The van der Waals surface area contributed by atoms with Gasteiger partial charge in [-0.3, -0.25) is 19.3 Å². The zero-order chi connectivity index (χ0) is 24.3. The summed E-state index contributed by atoms with van der Waals surface area (Å²) in [6.45, 7) is 2.28. The summed E-state index contributed by atoms with van der Waals surface area (Å²) in [6, 6.07) is 2.86. The van der Waals surface area contributed by atoms with Gasteiger partial charge in [0.25, 0.3) is 5.91 Å². The molecule has 2 aromatic rings. The van der Waals surface area contributed by atoms with Gasteiger partial charge in [0.2, 0.25) is 5.43 Å². The molecule has 3 atom stereocenters. The van der Waals surface area contributed by atoms with Crippen molar-refractivity contribution >= 4 is 12.2 Å². The van der Waals surface area contributed by atoms with Crippen molar-refractivity contribution in [1.29, 1.82) is 0 Å². The van der Waals surface area contributed by atoms with E-state index in [9.17, 15) is 33.4 Å². The van der Waals surface area contributed by atoms with Crippen molar-refractivity contribution in [3.8, 4) is 5.75 Å². The summed E-state index contributed by atoms with van der Waals surface area (Å²) in [5.41, 5.74) is -1.93. The molecule has 178 valence electrons. The highest BCUT2D eigenvalue weighted by Gasteiger charge is 2.32. The Morgan fingerprint density at radius 3 is 2.70 bits per heavy atom. The lowest BCUT2D eigenvalue weighted by Gasteiger charge is -2.25. The van der Waals surface area contributed by atoms with Gasteiger partial charge in [0, 0.05) is 30.9 Å². The van der Waals surface area contributed by atoms with Gasteiger partial charge in [-0.1, -0.05) is 13.0 Å². The van der Waals surface area contributed by atoms with Crippen LogP contribution in [0.1, 0.15) is 46.2 Å². The molecule has 0 saturated heterocycles. The highest BCUT2D eigenvalue weighted by molar-refractivity contribution is 5.95. The summed E-state index contributed by atoms with van der Waals surface area (Å²) in [7, 11) is 1.71. The fourth-order valence-electron chi connectivity index (χ4n) is 3.67. The van der Waals surface area contributed by atoms with Crippen LogP contribution in [0.4, 0.5) is 8.78 Å². The number of nitrogens with one attached hydrogen (secondary N) is 1. The molecule has 0 bridgehead atoms. The molecule has 1 aliphatic rings. The Bertz CT molecular complexity index is 1100. The van der Waals surface area contributed by atoms with Crippen LogP contribution < -0.4 is 10.7 Å². The number of amides is 1. The molecule has 1 aromatic heterocycles. The van der Waals surface area contributed by atoms with Crippen molar-refractivity contribution in [2.45, 2.75) is 39.1 Å². The number of likely N-dealkylation sites (N-methyl/N-ethyl adjacent to an activating group) is 1. The van der Waals surface area contributed by atoms with Gasteiger partial charge in [0.1, 0.15) is 29.1 Å². The van der Waals surface area contributed by atoms with Crippen molar-refractivity contribution < 1.29 is 28.6 Å². The van der Waals surface area contributed by atoms with Crippen LogP contribution in [0.25, 0.3) is 0 Å². The average molecular weight is 463 g/mol. The average Bonchev–Trinajstić information content (AvgIpc) is 3.48. The monoisotopic (exact) mass is 463 g/mol. The maximum Gasteiger partial charge on any atom is 0.257 e. The number of aromatic hydroxyl groups is 1. The van der Waals surface area contributed by atoms with Gasteiger partial charge in [-0.2, -0.15) is 0 Å². The first-order valence-corrected chi connectivity index (χ1v) is 10.6. The number of hydrogen-bond acceptors (Lipinski definition) is 6. The van der Waals surface area contributed by atoms with E-state index in [1.165, 1.54) is 0 Å². The topological polar surface area (TPSA) is 112 Å². The molecule has 1 aliphatic carbocycles. The highest BCUT2D eigenvalue weighted by atomic mass is 19.1. The first kappa shape index (κ1) is 24.5. The predicted molar refractivity (Wildman–Crippen MR) is 116 cm³/mol. The molecule has 1 heterocycles. The van der Waals surface area contributed by atoms with Gasteiger partial charge < -0.3 is 20.1 Å². The second-order valence-corrected chi connectivity index (χ2v) is 8.52. The summed E-state index contributed by atoms with van der Waals surface area (Å²) >= 11 is 0. The number of aliphatic hydroxyl groups is 1. The Morgan fingerprint density at radius 1 is 1.39 bits per heavy atom. The van der Waals surface area contributed by atoms with Gasteiger partial charge in [0.05, 0.1) is 6.54 Å². The second-order valence-electron chi connectivity index (χ2n) is 8.52. The molecular weight excluding hydrogens is 436 g/mol. The van der Waals surface area contributed by atoms with E-state index < -0.39 is 40.5 Å². The fourth-order valence-corrected chi connectivity index (χ4v) is 3.67. The lowest BCUT2D eigenvalue weighted by Crippen LogP contribution is -2.37. The Balaban J connectivity index is 1.75. The van der Waals surface area contributed by atoms with Gasteiger partial charge in [-0.05, 0) is 37.8 Å². The molecule has 0 aliphatic heterocycles. The first-order chi connectivity index (χ1) is 15.6. The molecule has 1 aromatic carbocycles. The minimum absolute atomic E-state index is 0.000775. The fraction of sp³-hybridized carbons (Fsp3) is 0.435. The van der Waals surface area contributed by atoms with Crippen LogP contribution in [0.15, 0.2) is 29.2 Å². The normalized spacial score (nSPS) is 18.2. The molecule has 8 nitrogen and oxygen atoms in total. The van der Waals surface area contributed by atoms with E-state index in [1.54, 1.807) is 11.9 Å². The van der Waals surface area contributed by atoms with Crippen LogP contribution in [0, 0.1) is 23.5 Å². The smallest absolute Gasteiger partial charge is 0.257 e. The van der Waals surface area contributed by atoms with Crippen LogP contribution in [0.5, 0.6) is 5.75 Å². The largest absolute Gasteiger partial charge is 0.503 e. The summed E-state index contributed by atoms with van der Waals surface area (Å²) in [6.07, 6.45) is 2.38. The molecular formula is C23H27F2N3O5. The number of hydrogen-bond donors (Lipinski definition) is 3. The molecule has 1 fully saturated rings. The number of carbonyl (C=O) groups excluding carboxylic acids is 2. The van der Waals surface area contributed by atoms with E-state index in [-0.39, 0.29) is 30.6 Å². The second kappa shape index (κ2) is 10.2. The minimum Gasteiger partial charge on any atom is -0.503 e. The molecule has 0 radical (unpaired) electrons. The van der Waals surface area contributed by atoms with E-state index in [0.29, 0.717) is 24.4 Å². The predicted octanol–water partition coefficient (Wildman–Crippen LogP) is 1.87. The zero-order valence-electron chi connectivity index (χ0n) is 18.4. The van der Waals surface area contributed by atoms with Crippen LogP contribution in [-0.2, 0) is 13.1 Å². The van der Waals surface area contributed by atoms with Crippen molar-refractivity contribution in [2.24, 2.45) is 11.8 Å². The Hall–Kier alpha value is -3.11. The Labute approximate surface area is 189 Å². The number of benzene rings is 1. The number of nitrogens with zero attached hydrogens (tertiary/aromatic N) is 2. The summed E-state index contributed by atoms with van der Waals surface area (Å²) in [5, 5.41) is 23.1. The molecule has 33 heavy (non-hydrogen) atoms. The lowest BCUT2D eigenvalue weighted by molar-refractivity contribution is 0.00677. The molecule has 1 saturated carbocycles. The maximum absolute atomic E-state index is 13.8. The zero-order valence-corrected chi connectivity index (χ0v) is 18.4. The number of rotatable bonds is 10. The number of aromatic nitrogens is 1. The molecule has 3 rings (SSSR count). The third-order valence-corrected chi connectivity index (χ3v) is 6.10. The Morgan fingerprint density at radius 2 is 2.09 bits per heavy atom. The van der Waals surface area contributed by atoms with Crippen LogP contribution in [0.2, 0.25) is 0 Å². The van der Waals surface area contributed by atoms with Crippen molar-refractivity contribution in [2.75, 3.05) is 13.6 Å². The molecule has 0 spiro atoms. The molecule has 3 unspecified atom stereocenters. The SMILES string of the molecule is CC1CC1CCN(C)C(O)Cn1cc(C(=O)NCc2ccc(F)cc2F)c(=O)c(O)c1C=O. The van der Waals surface area contributed by atoms with Crippen molar-refractivity contribution in [1.82, 2.24) is 14.8 Å². The highest BCUT2D eigenvalue weighted by Crippen LogP contribution is 2.40. The first-order valence-electron chi connectivity index (χ1n) is 10.6. The molecule has 1 amide bonds. The van der Waals surface area contributed by atoms with E-state index in [1.807, 2.05) is 0 Å². The van der Waals surface area contributed by atoms with Gasteiger partial charge in [-0.25, -0.2) is 8.78 Å². The summed E-state index contributed by atoms with van der Waals surface area (Å²) in [5.74, 6) is -2.17. The molecule has 3 N–H and O–H groups in total. The van der Waals surface area contributed by atoms with Gasteiger partial charge >= 0.3 is 0 Å². The summed E-state index contributed by atoms with van der Waals surface area (Å²) < 4.78 is 28.0. The van der Waals surface area contributed by atoms with E-state index in [2.05, 4.69) is 12.2 Å². The maximum atomic E-state index is 13.8. The van der Waals surface area contributed by atoms with Crippen LogP contribution in [0.3, 0.4) is 0 Å². The number of pyridine rings is 1. The van der Waals surface area contributed by atoms with Gasteiger partial charge in [0.15, 0.2) is 12.0 Å². The van der Waals surface area contributed by atoms with E-state index in [4.69, 9.17) is 0 Å². The lowest BCUT2D eigenvalue weighted by atomic mass is 10.1. The third kappa shape index (κ3) is 5.82. The third-order valence-electron chi connectivity index (χ3n) is 6.10. The van der Waals surface area contributed by atoms with Crippen molar-refractivity contribution in [3.63, 3.8) is 0 Å². The number of aldehydes is 1. The number of aliphatic hydroxyl groups excluding tert-OH is 1. The van der Waals surface area contributed by atoms with Crippen molar-refractivity contribution in [3.05, 3.63) is 63.1 Å². The van der Waals surface area contributed by atoms with Crippen LogP contribution in [-0.4, -0.2) is 51.7 Å². The minimum atomic E-state index is -1.07. The number of carbonyl (C=O) groups is 2. The quantitative estimate of drug-likeness (QED) is 0.366. The Kier molecular flexibility index (Phi) is 7.60. The van der Waals surface area contributed by atoms with Crippen LogP contribution >= 0.6 is 0 Å². The van der Waals surface area contributed by atoms with E-state index >= 15 is 0 Å². The molecule has 10 heteroatoms. The standard InChI is InChI=1S/C23H27F2N3O5/c1-13-7-14(13)5-6-27(2)20(30)11-28-10-17(21(31)22(32)19(28)12-29)23(33)26-9-15-3-4-16(24)8-18(15)25/h3-4,8,10,12-14,20,30,32H,5-7,9,11H2,1-2H3,(H,26,33). The summed E-state index contributed by atoms with van der Waals surface area (Å²) in [4.78, 5) is 38.1. The van der Waals surface area contributed by atoms with E-state index in [0.717, 1.165) is 35.7 Å². The van der Waals surface area contributed by atoms with Gasteiger partial charge in [-0.15, -0.1) is 0 Å². The number of halogens is 2.